The number of halogens is 3. The first-order valence-corrected chi connectivity index (χ1v) is 23.3. The molecule has 1 spiro atoms. The maximum atomic E-state index is 16.4. The minimum absolute atomic E-state index is 0.000469. The van der Waals surface area contributed by atoms with Crippen molar-refractivity contribution in [2.45, 2.75) is 76.9 Å². The monoisotopic (exact) mass is 883 g/mol. The van der Waals surface area contributed by atoms with E-state index in [1.807, 2.05) is 11.8 Å². The fourth-order valence-corrected chi connectivity index (χ4v) is 13.0. The van der Waals surface area contributed by atoms with Crippen LogP contribution in [0.3, 0.4) is 0 Å². The molecule has 0 unspecified atom stereocenters. The van der Waals surface area contributed by atoms with Crippen LogP contribution in [0.2, 0.25) is 0 Å². The van der Waals surface area contributed by atoms with Crippen LogP contribution in [0.1, 0.15) is 99.5 Å². The average Bonchev–Trinajstić information content (AvgIpc) is 3.74. The number of anilines is 2. The molecular weight excluding hydrogens is 832 g/mol. The Kier molecular flexibility index (Phi) is 9.86. The van der Waals surface area contributed by atoms with E-state index in [9.17, 15) is 14.6 Å². The van der Waals surface area contributed by atoms with E-state index < -0.39 is 23.2 Å². The van der Waals surface area contributed by atoms with Gasteiger partial charge in [-0.15, -0.1) is 21.5 Å². The standard InChI is InChI=1S/C51H52F3N7O2S/c1-29-31(3)64-49-44(29)47(55-30(2)48-57-56-32(4)61(48)49)34-7-12-37(13-8-34)60-26-50(27-60)24-51(63,25-50)28-58-17-19-59(20-18-58)38-22-42(53)46(43(54)23-38)45-40(33-5-10-36(52)11-6-33)15-9-35-21-39(62)14-16-41(35)45/h5-8,10-14,16,21-23,30,40,45,62-63H,9,15,17-20,24-28H2,1-4H3/t30-,40+,45-/m0/s1. The van der Waals surface area contributed by atoms with Crippen molar-refractivity contribution in [2.75, 3.05) is 55.6 Å². The van der Waals surface area contributed by atoms with Gasteiger partial charge in [-0.05, 0) is 130 Å². The summed E-state index contributed by atoms with van der Waals surface area (Å²) in [4.78, 5) is 13.2. The second kappa shape index (κ2) is 15.3. The van der Waals surface area contributed by atoms with Crippen molar-refractivity contribution in [3.63, 3.8) is 0 Å². The summed E-state index contributed by atoms with van der Waals surface area (Å²) >= 11 is 1.77. The fraction of sp³-hybridized carbons (Fsp3) is 0.392. The van der Waals surface area contributed by atoms with Gasteiger partial charge < -0.3 is 20.0 Å². The molecule has 0 radical (unpaired) electrons. The summed E-state index contributed by atoms with van der Waals surface area (Å²) in [6, 6.07) is 22.7. The van der Waals surface area contributed by atoms with E-state index in [0.29, 0.717) is 51.3 Å². The Bertz CT molecular complexity index is 2790. The number of hydrogen-bond donors (Lipinski definition) is 2. The summed E-state index contributed by atoms with van der Waals surface area (Å²) in [5.41, 5.74) is 7.96. The summed E-state index contributed by atoms with van der Waals surface area (Å²) in [5.74, 6) is -0.628. The highest BCUT2D eigenvalue weighted by Gasteiger charge is 2.59. The zero-order valence-electron chi connectivity index (χ0n) is 36.6. The van der Waals surface area contributed by atoms with Gasteiger partial charge in [-0.1, -0.05) is 30.3 Å². The number of aliphatic hydroxyl groups is 1. The largest absolute Gasteiger partial charge is 0.508 e. The normalized spacial score (nSPS) is 22.2. The minimum atomic E-state index is -0.754. The SMILES string of the molecule is Cc1sc2c(c1C)C(c1ccc(N3CC4(C3)CC(O)(CN3CCN(c5cc(F)c([C@@H]6c7ccc(O)cc7CC[C@@H]6c6ccc(F)cc6)c(F)c5)CC3)C4)cc1)=N[C@@H](C)c1nnc(C)n1-2. The zero-order valence-corrected chi connectivity index (χ0v) is 37.4. The predicted octanol–water partition coefficient (Wildman–Crippen LogP) is 9.30. The van der Waals surface area contributed by atoms with E-state index in [4.69, 9.17) is 4.99 Å². The van der Waals surface area contributed by atoms with Gasteiger partial charge >= 0.3 is 0 Å². The number of fused-ring (bicyclic) bond motifs is 4. The van der Waals surface area contributed by atoms with Crippen LogP contribution in [0.5, 0.6) is 5.75 Å². The lowest BCUT2D eigenvalue weighted by atomic mass is 9.55. The molecule has 2 saturated heterocycles. The van der Waals surface area contributed by atoms with E-state index >= 15 is 8.78 Å². The highest BCUT2D eigenvalue weighted by atomic mass is 32.1. The summed E-state index contributed by atoms with van der Waals surface area (Å²) in [6.07, 6.45) is 2.76. The van der Waals surface area contributed by atoms with Gasteiger partial charge in [0, 0.05) is 90.1 Å². The Labute approximate surface area is 375 Å². The summed E-state index contributed by atoms with van der Waals surface area (Å²) in [5, 5.41) is 31.9. The van der Waals surface area contributed by atoms with Crippen molar-refractivity contribution >= 4 is 28.4 Å². The first-order chi connectivity index (χ1) is 30.7. The van der Waals surface area contributed by atoms with Crippen LogP contribution in [0, 0.1) is 43.6 Å². The number of aromatic nitrogens is 3. The van der Waals surface area contributed by atoms with Gasteiger partial charge in [0.1, 0.15) is 40.1 Å². The summed E-state index contributed by atoms with van der Waals surface area (Å²) < 4.78 is 48.8. The Morgan fingerprint density at radius 2 is 1.52 bits per heavy atom. The van der Waals surface area contributed by atoms with E-state index in [1.165, 1.54) is 40.4 Å². The smallest absolute Gasteiger partial charge is 0.162 e. The van der Waals surface area contributed by atoms with Crippen molar-refractivity contribution in [2.24, 2.45) is 10.4 Å². The number of rotatable bonds is 7. The Hall–Kier alpha value is -5.50. The van der Waals surface area contributed by atoms with Gasteiger partial charge in [-0.25, -0.2) is 13.2 Å². The molecule has 2 aromatic heterocycles. The first kappa shape index (κ1) is 41.2. The molecule has 5 aliphatic rings. The molecule has 6 aromatic rings. The van der Waals surface area contributed by atoms with Gasteiger partial charge in [0.05, 0.1) is 11.3 Å². The fourth-order valence-electron chi connectivity index (χ4n) is 11.8. The molecule has 3 aliphatic heterocycles. The number of phenols is 1. The number of nitrogens with zero attached hydrogens (tertiary/aromatic N) is 7. The maximum Gasteiger partial charge on any atom is 0.162 e. The number of aliphatic imine (C=N–C) groups is 1. The molecule has 64 heavy (non-hydrogen) atoms. The highest BCUT2D eigenvalue weighted by Crippen LogP contribution is 2.55. The predicted molar refractivity (Wildman–Crippen MR) is 245 cm³/mol. The Morgan fingerprint density at radius 1 is 0.812 bits per heavy atom. The molecule has 0 amide bonds. The number of aryl methyl sites for hydroxylation is 3. The Balaban J connectivity index is 0.717. The molecular formula is C51H52F3N7O2S. The van der Waals surface area contributed by atoms with Crippen molar-refractivity contribution < 1.29 is 23.4 Å². The maximum absolute atomic E-state index is 16.4. The van der Waals surface area contributed by atoms with Crippen molar-refractivity contribution in [3.8, 4) is 10.8 Å². The van der Waals surface area contributed by atoms with Crippen LogP contribution in [-0.2, 0) is 6.42 Å². The molecule has 9 nitrogen and oxygen atoms in total. The Morgan fingerprint density at radius 3 is 2.22 bits per heavy atom. The third-order valence-electron chi connectivity index (χ3n) is 14.8. The number of piperazine rings is 1. The molecule has 330 valence electrons. The third-order valence-corrected chi connectivity index (χ3v) is 16.0. The average molecular weight is 884 g/mol. The van der Waals surface area contributed by atoms with E-state index in [1.54, 1.807) is 41.7 Å². The van der Waals surface area contributed by atoms with Crippen LogP contribution in [0.4, 0.5) is 24.5 Å². The number of phenolic OH excluding ortho intramolecular Hbond substituents is 1. The third kappa shape index (κ3) is 6.93. The molecule has 2 N–H and O–H groups in total. The van der Waals surface area contributed by atoms with Crippen molar-refractivity contribution in [1.29, 1.82) is 0 Å². The van der Waals surface area contributed by atoms with Crippen LogP contribution in [0.15, 0.2) is 83.9 Å². The number of hydrogen-bond acceptors (Lipinski definition) is 9. The lowest BCUT2D eigenvalue weighted by Gasteiger charge is -2.63. The van der Waals surface area contributed by atoms with E-state index in [0.717, 1.165) is 76.1 Å². The molecule has 4 aromatic carbocycles. The van der Waals surface area contributed by atoms with Crippen molar-refractivity contribution in [3.05, 3.63) is 152 Å². The van der Waals surface area contributed by atoms with Gasteiger partial charge in [-0.2, -0.15) is 0 Å². The number of aromatic hydroxyl groups is 1. The van der Waals surface area contributed by atoms with Gasteiger partial charge in [0.2, 0.25) is 0 Å². The van der Waals surface area contributed by atoms with Gasteiger partial charge in [0.15, 0.2) is 5.82 Å². The van der Waals surface area contributed by atoms with Crippen LogP contribution < -0.4 is 9.80 Å². The molecule has 1 saturated carbocycles. The second-order valence-electron chi connectivity index (χ2n) is 19.2. The molecule has 13 heteroatoms. The van der Waals surface area contributed by atoms with Crippen LogP contribution in [-0.4, -0.2) is 87.0 Å². The summed E-state index contributed by atoms with van der Waals surface area (Å²) in [7, 11) is 0. The molecule has 3 fully saturated rings. The number of benzene rings is 4. The quantitative estimate of drug-likeness (QED) is 0.165. The molecule has 3 atom stereocenters. The highest BCUT2D eigenvalue weighted by molar-refractivity contribution is 7.15. The molecule has 2 aliphatic carbocycles. The lowest BCUT2D eigenvalue weighted by Crippen LogP contribution is -2.70. The van der Waals surface area contributed by atoms with Crippen LogP contribution >= 0.6 is 11.3 Å². The number of thiophene rings is 1. The van der Waals surface area contributed by atoms with Gasteiger partial charge in [-0.3, -0.25) is 14.5 Å². The molecule has 11 rings (SSSR count). The van der Waals surface area contributed by atoms with Crippen LogP contribution in [0.25, 0.3) is 5.00 Å². The zero-order chi connectivity index (χ0) is 44.2. The second-order valence-corrected chi connectivity index (χ2v) is 20.4. The molecule has 5 heterocycles. The minimum Gasteiger partial charge on any atom is -0.508 e. The first-order valence-electron chi connectivity index (χ1n) is 22.5. The van der Waals surface area contributed by atoms with Gasteiger partial charge in [0.25, 0.3) is 0 Å². The molecule has 0 bridgehead atoms. The topological polar surface area (TPSA) is 93.2 Å². The van der Waals surface area contributed by atoms with Crippen molar-refractivity contribution in [1.82, 2.24) is 19.7 Å². The van der Waals surface area contributed by atoms with E-state index in [-0.39, 0.29) is 34.5 Å². The van der Waals surface area contributed by atoms with E-state index in [2.05, 4.69) is 69.6 Å². The summed E-state index contributed by atoms with van der Waals surface area (Å²) in [6.45, 7) is 13.4. The lowest BCUT2D eigenvalue weighted by molar-refractivity contribution is -0.152. The number of β-amino-alcohol motifs (C(OH)–C–C–N with tert-alkyl or cyclic N) is 1.